The predicted molar refractivity (Wildman–Crippen MR) is 80.1 cm³/mol. The molecule has 1 aromatic carbocycles. The number of pyridine rings is 1. The highest BCUT2D eigenvalue weighted by Gasteiger charge is 2.31. The van der Waals surface area contributed by atoms with Crippen molar-refractivity contribution in [2.75, 3.05) is 12.4 Å². The van der Waals surface area contributed by atoms with Crippen LogP contribution < -0.4 is 10.9 Å². The molecule has 24 heavy (non-hydrogen) atoms. The SMILES string of the molecule is CON(Cc1ccccc1)C(=O)Nc1cc(C(F)(F)F)c[nH]c1=O. The lowest BCUT2D eigenvalue weighted by Crippen LogP contribution is -2.35. The summed E-state index contributed by atoms with van der Waals surface area (Å²) in [5.41, 5.74) is -1.71. The Hall–Kier alpha value is -2.81. The number of hydroxylamine groups is 2. The fourth-order valence-electron chi connectivity index (χ4n) is 1.89. The molecule has 2 rings (SSSR count). The molecule has 0 atom stereocenters. The van der Waals surface area contributed by atoms with Crippen LogP contribution in [0.4, 0.5) is 23.7 Å². The van der Waals surface area contributed by atoms with Gasteiger partial charge in [0.25, 0.3) is 5.56 Å². The first-order valence-corrected chi connectivity index (χ1v) is 6.77. The Morgan fingerprint density at radius 3 is 2.54 bits per heavy atom. The number of amides is 2. The first kappa shape index (κ1) is 17.5. The van der Waals surface area contributed by atoms with Gasteiger partial charge in [-0.25, -0.2) is 4.79 Å². The fraction of sp³-hybridized carbons (Fsp3) is 0.200. The summed E-state index contributed by atoms with van der Waals surface area (Å²) in [6, 6.07) is 8.51. The van der Waals surface area contributed by atoms with E-state index in [1.807, 2.05) is 4.98 Å². The minimum absolute atomic E-state index is 0.0556. The van der Waals surface area contributed by atoms with Crippen molar-refractivity contribution in [3.8, 4) is 0 Å². The van der Waals surface area contributed by atoms with Gasteiger partial charge in [0, 0.05) is 6.20 Å². The molecule has 0 saturated carbocycles. The van der Waals surface area contributed by atoms with Crippen molar-refractivity contribution < 1.29 is 22.8 Å². The second kappa shape index (κ2) is 7.18. The summed E-state index contributed by atoms with van der Waals surface area (Å²) in [5, 5.41) is 3.00. The molecule has 128 valence electrons. The lowest BCUT2D eigenvalue weighted by atomic mass is 10.2. The molecule has 0 aliphatic rings. The number of aromatic nitrogens is 1. The van der Waals surface area contributed by atoms with E-state index in [0.717, 1.165) is 10.6 Å². The topological polar surface area (TPSA) is 74.4 Å². The van der Waals surface area contributed by atoms with E-state index in [1.54, 1.807) is 30.3 Å². The number of benzene rings is 1. The van der Waals surface area contributed by atoms with E-state index >= 15 is 0 Å². The molecule has 2 amide bonds. The van der Waals surface area contributed by atoms with Crippen molar-refractivity contribution in [2.45, 2.75) is 12.7 Å². The van der Waals surface area contributed by atoms with E-state index in [2.05, 4.69) is 5.32 Å². The Bertz CT molecular complexity index is 760. The van der Waals surface area contributed by atoms with Gasteiger partial charge in [0.15, 0.2) is 0 Å². The second-order valence-electron chi connectivity index (χ2n) is 4.76. The Morgan fingerprint density at radius 2 is 1.96 bits per heavy atom. The van der Waals surface area contributed by atoms with Crippen LogP contribution in [0.5, 0.6) is 0 Å². The van der Waals surface area contributed by atoms with Crippen LogP contribution in [0.3, 0.4) is 0 Å². The minimum atomic E-state index is -4.64. The molecule has 1 heterocycles. The lowest BCUT2D eigenvalue weighted by molar-refractivity contribution is -0.137. The number of hydrogen-bond donors (Lipinski definition) is 2. The van der Waals surface area contributed by atoms with Crippen LogP contribution in [0, 0.1) is 0 Å². The van der Waals surface area contributed by atoms with E-state index in [4.69, 9.17) is 4.84 Å². The average Bonchev–Trinajstić information content (AvgIpc) is 2.54. The van der Waals surface area contributed by atoms with Crippen LogP contribution in [-0.4, -0.2) is 23.2 Å². The molecule has 2 N–H and O–H groups in total. The number of hydrogen-bond acceptors (Lipinski definition) is 3. The number of nitrogens with zero attached hydrogens (tertiary/aromatic N) is 1. The third-order valence-corrected chi connectivity index (χ3v) is 3.09. The lowest BCUT2D eigenvalue weighted by Gasteiger charge is -2.20. The van der Waals surface area contributed by atoms with Crippen molar-refractivity contribution in [3.63, 3.8) is 0 Å². The van der Waals surface area contributed by atoms with Crippen LogP contribution in [-0.2, 0) is 17.6 Å². The maximum absolute atomic E-state index is 12.7. The highest BCUT2D eigenvalue weighted by Crippen LogP contribution is 2.29. The van der Waals surface area contributed by atoms with E-state index in [9.17, 15) is 22.8 Å². The van der Waals surface area contributed by atoms with Crippen molar-refractivity contribution >= 4 is 11.7 Å². The number of alkyl halides is 3. The zero-order valence-corrected chi connectivity index (χ0v) is 12.6. The van der Waals surface area contributed by atoms with Crippen molar-refractivity contribution in [1.29, 1.82) is 0 Å². The molecular formula is C15H14F3N3O3. The smallest absolute Gasteiger partial charge is 0.327 e. The largest absolute Gasteiger partial charge is 0.417 e. The number of urea groups is 1. The molecule has 0 spiro atoms. The summed E-state index contributed by atoms with van der Waals surface area (Å²) in [4.78, 5) is 30.6. The van der Waals surface area contributed by atoms with Gasteiger partial charge < -0.3 is 10.3 Å². The highest BCUT2D eigenvalue weighted by atomic mass is 19.4. The van der Waals surface area contributed by atoms with Crippen LogP contribution in [0.1, 0.15) is 11.1 Å². The monoisotopic (exact) mass is 341 g/mol. The van der Waals surface area contributed by atoms with Gasteiger partial charge in [0.05, 0.1) is 19.2 Å². The molecule has 0 aliphatic heterocycles. The van der Waals surface area contributed by atoms with Gasteiger partial charge in [-0.1, -0.05) is 30.3 Å². The third-order valence-electron chi connectivity index (χ3n) is 3.09. The third kappa shape index (κ3) is 4.35. The van der Waals surface area contributed by atoms with Crippen LogP contribution >= 0.6 is 0 Å². The van der Waals surface area contributed by atoms with E-state index in [-0.39, 0.29) is 6.54 Å². The van der Waals surface area contributed by atoms with Gasteiger partial charge in [-0.05, 0) is 11.6 Å². The van der Waals surface area contributed by atoms with Gasteiger partial charge in [-0.2, -0.15) is 18.2 Å². The molecule has 0 saturated heterocycles. The summed E-state index contributed by atoms with van der Waals surface area (Å²) in [7, 11) is 1.24. The van der Waals surface area contributed by atoms with Gasteiger partial charge in [-0.15, -0.1) is 0 Å². The molecule has 1 aromatic heterocycles. The Balaban J connectivity index is 2.17. The van der Waals surface area contributed by atoms with Crippen LogP contribution in [0.15, 0.2) is 47.4 Å². The predicted octanol–water partition coefficient (Wildman–Crippen LogP) is 2.99. The molecule has 0 unspecified atom stereocenters. The zero-order chi connectivity index (χ0) is 17.7. The highest BCUT2D eigenvalue weighted by molar-refractivity contribution is 5.88. The van der Waals surface area contributed by atoms with Gasteiger partial charge in [0.1, 0.15) is 5.69 Å². The summed E-state index contributed by atoms with van der Waals surface area (Å²) < 4.78 is 38.0. The number of carbonyl (C=O) groups is 1. The number of H-pyrrole nitrogens is 1. The Morgan fingerprint density at radius 1 is 1.29 bits per heavy atom. The standard InChI is InChI=1S/C15H14F3N3O3/c1-24-21(9-10-5-3-2-4-6-10)14(23)20-12-7-11(15(16,17)18)8-19-13(12)22/h2-8H,9H2,1H3,(H,19,22)(H,20,23). The maximum atomic E-state index is 12.7. The molecule has 2 aromatic rings. The molecule has 0 radical (unpaired) electrons. The Labute approximate surface area is 134 Å². The van der Waals surface area contributed by atoms with Crippen molar-refractivity contribution in [1.82, 2.24) is 10.0 Å². The zero-order valence-electron chi connectivity index (χ0n) is 12.6. The number of aromatic amines is 1. The van der Waals surface area contributed by atoms with E-state index in [1.165, 1.54) is 7.11 Å². The molecule has 9 heteroatoms. The number of carbonyl (C=O) groups excluding carboxylic acids is 1. The number of anilines is 1. The van der Waals surface area contributed by atoms with Crippen molar-refractivity contribution in [2.24, 2.45) is 0 Å². The summed E-state index contributed by atoms with van der Waals surface area (Å²) in [5.74, 6) is 0. The van der Waals surface area contributed by atoms with E-state index < -0.39 is 29.0 Å². The fourth-order valence-corrected chi connectivity index (χ4v) is 1.89. The van der Waals surface area contributed by atoms with Crippen LogP contribution in [0.25, 0.3) is 0 Å². The van der Waals surface area contributed by atoms with E-state index in [0.29, 0.717) is 12.3 Å². The summed E-state index contributed by atoms with van der Waals surface area (Å²) >= 11 is 0. The minimum Gasteiger partial charge on any atom is -0.327 e. The first-order valence-electron chi connectivity index (χ1n) is 6.77. The molecular weight excluding hydrogens is 327 g/mol. The molecule has 6 nitrogen and oxygen atoms in total. The maximum Gasteiger partial charge on any atom is 0.417 e. The average molecular weight is 341 g/mol. The first-order chi connectivity index (χ1) is 11.3. The van der Waals surface area contributed by atoms with Gasteiger partial charge in [-0.3, -0.25) is 9.63 Å². The second-order valence-corrected chi connectivity index (χ2v) is 4.76. The molecule has 0 bridgehead atoms. The molecule has 0 fully saturated rings. The number of nitrogens with one attached hydrogen (secondary N) is 2. The van der Waals surface area contributed by atoms with Gasteiger partial charge >= 0.3 is 12.2 Å². The summed E-state index contributed by atoms with van der Waals surface area (Å²) in [6.07, 6.45) is -4.11. The van der Waals surface area contributed by atoms with Gasteiger partial charge in [0.2, 0.25) is 0 Å². The quantitative estimate of drug-likeness (QED) is 0.840. The molecule has 0 aliphatic carbocycles. The number of halogens is 3. The van der Waals surface area contributed by atoms with Crippen LogP contribution in [0.2, 0.25) is 0 Å². The van der Waals surface area contributed by atoms with Crippen molar-refractivity contribution in [3.05, 3.63) is 64.1 Å². The normalized spacial score (nSPS) is 11.2. The number of rotatable bonds is 4. The summed E-state index contributed by atoms with van der Waals surface area (Å²) in [6.45, 7) is 0.0556. The Kier molecular flexibility index (Phi) is 5.24.